The van der Waals surface area contributed by atoms with Crippen LogP contribution < -0.4 is 5.73 Å². The summed E-state index contributed by atoms with van der Waals surface area (Å²) in [5.74, 6) is 5.02. The van der Waals surface area contributed by atoms with Crippen molar-refractivity contribution in [2.24, 2.45) is 68.3 Å². The van der Waals surface area contributed by atoms with Gasteiger partial charge in [0.15, 0.2) is 0 Å². The second-order valence-electron chi connectivity index (χ2n) is 15.0. The Morgan fingerprint density at radius 1 is 0.812 bits per heavy atom. The highest BCUT2D eigenvalue weighted by molar-refractivity contribution is 5.21. The zero-order valence-electron chi connectivity index (χ0n) is 22.5. The van der Waals surface area contributed by atoms with Gasteiger partial charge in [-0.1, -0.05) is 53.7 Å². The third kappa shape index (κ3) is 2.67. The predicted molar refractivity (Wildman–Crippen MR) is 137 cm³/mol. The zero-order valence-corrected chi connectivity index (χ0v) is 22.5. The highest BCUT2D eigenvalue weighted by Crippen LogP contribution is 2.77. The van der Waals surface area contributed by atoms with Crippen molar-refractivity contribution in [2.75, 3.05) is 6.54 Å². The van der Waals surface area contributed by atoms with Crippen molar-refractivity contribution < 1.29 is 0 Å². The molecule has 0 amide bonds. The van der Waals surface area contributed by atoms with Crippen molar-refractivity contribution in [1.29, 1.82) is 0 Å². The van der Waals surface area contributed by atoms with E-state index in [4.69, 9.17) is 5.73 Å². The number of nitrogens with two attached hydrogens (primary N) is 1. The van der Waals surface area contributed by atoms with E-state index in [1.807, 2.05) is 0 Å². The van der Waals surface area contributed by atoms with Crippen LogP contribution in [0.25, 0.3) is 0 Å². The fourth-order valence-corrected chi connectivity index (χ4v) is 11.8. The Balaban J connectivity index is 1.55. The topological polar surface area (TPSA) is 26.0 Å². The number of fused-ring (bicyclic) bond motifs is 7. The van der Waals surface area contributed by atoms with Crippen LogP contribution in [0.5, 0.6) is 0 Å². The van der Waals surface area contributed by atoms with E-state index in [1.165, 1.54) is 69.8 Å². The SMILES string of the molecule is C=C(C)C1CC[C@]2(CN)CC[C@]3(C)C(CCC4[C@@]5(C)CC[C@H](C)C(C)(C)C5CC[C@]43C)C12. The maximum atomic E-state index is 6.59. The second-order valence-corrected chi connectivity index (χ2v) is 15.0. The Morgan fingerprint density at radius 3 is 2.19 bits per heavy atom. The zero-order chi connectivity index (χ0) is 23.3. The molecule has 182 valence electrons. The van der Waals surface area contributed by atoms with Crippen LogP contribution >= 0.6 is 0 Å². The second kappa shape index (κ2) is 7.11. The van der Waals surface area contributed by atoms with E-state index in [1.54, 1.807) is 0 Å². The van der Waals surface area contributed by atoms with Crippen LogP contribution in [0.4, 0.5) is 0 Å². The van der Waals surface area contributed by atoms with Gasteiger partial charge in [-0.15, -0.1) is 0 Å². The first-order valence-electron chi connectivity index (χ1n) is 14.2. The van der Waals surface area contributed by atoms with Crippen molar-refractivity contribution in [2.45, 2.75) is 113 Å². The summed E-state index contributed by atoms with van der Waals surface area (Å²) in [7, 11) is 0. The van der Waals surface area contributed by atoms with Gasteiger partial charge in [0.1, 0.15) is 0 Å². The van der Waals surface area contributed by atoms with Crippen LogP contribution in [0.2, 0.25) is 0 Å². The lowest BCUT2D eigenvalue weighted by atomic mass is 9.32. The normalized spacial score (nSPS) is 56.5. The minimum Gasteiger partial charge on any atom is -0.330 e. The van der Waals surface area contributed by atoms with Crippen LogP contribution in [0.3, 0.4) is 0 Å². The predicted octanol–water partition coefficient (Wildman–Crippen LogP) is 8.24. The van der Waals surface area contributed by atoms with E-state index in [0.29, 0.717) is 33.0 Å². The molecule has 0 radical (unpaired) electrons. The van der Waals surface area contributed by atoms with Gasteiger partial charge in [0.2, 0.25) is 0 Å². The van der Waals surface area contributed by atoms with Crippen LogP contribution in [0.15, 0.2) is 12.2 Å². The summed E-state index contributed by atoms with van der Waals surface area (Å²) in [6.45, 7) is 23.8. The Hall–Kier alpha value is -0.300. The molecule has 5 unspecified atom stereocenters. The average Bonchev–Trinajstić information content (AvgIpc) is 3.12. The molecule has 0 aromatic carbocycles. The molecule has 0 heterocycles. The Kier molecular flexibility index (Phi) is 5.21. The summed E-state index contributed by atoms with van der Waals surface area (Å²) in [6, 6.07) is 0. The molecule has 0 aromatic rings. The van der Waals surface area contributed by atoms with Gasteiger partial charge < -0.3 is 5.73 Å². The molecule has 0 aliphatic heterocycles. The minimum absolute atomic E-state index is 0.403. The summed E-state index contributed by atoms with van der Waals surface area (Å²) < 4.78 is 0. The van der Waals surface area contributed by atoms with E-state index in [9.17, 15) is 0 Å². The largest absolute Gasteiger partial charge is 0.330 e. The number of rotatable bonds is 2. The van der Waals surface area contributed by atoms with Gasteiger partial charge in [-0.05, 0) is 140 Å². The van der Waals surface area contributed by atoms with Crippen molar-refractivity contribution in [3.8, 4) is 0 Å². The standard InChI is InChI=1S/C31H53N/c1-20(2)22-12-16-31(19-32)18-17-29(7)23(26(22)31)9-10-25-28(6)14-11-21(3)27(4,5)24(28)13-15-30(25,29)8/h21-26H,1,9-19,32H2,2-8H3/t21-,22?,23?,24?,25?,26?,28-,29+,30+,31+/m0/s1. The maximum Gasteiger partial charge on any atom is -0.00175 e. The Morgan fingerprint density at radius 2 is 1.53 bits per heavy atom. The minimum atomic E-state index is 0.403. The molecule has 5 saturated carbocycles. The summed E-state index contributed by atoms with van der Waals surface area (Å²) in [5.41, 5.74) is 10.4. The van der Waals surface area contributed by atoms with Gasteiger partial charge in [0.05, 0.1) is 0 Å². The summed E-state index contributed by atoms with van der Waals surface area (Å²) >= 11 is 0. The molecular weight excluding hydrogens is 386 g/mol. The molecule has 0 bridgehead atoms. The molecule has 32 heavy (non-hydrogen) atoms. The lowest BCUT2D eigenvalue weighted by molar-refractivity contribution is -0.241. The van der Waals surface area contributed by atoms with Crippen LogP contribution in [0, 0.1) is 62.6 Å². The third-order valence-electron chi connectivity index (χ3n) is 14.2. The molecule has 2 N–H and O–H groups in total. The van der Waals surface area contributed by atoms with Gasteiger partial charge in [-0.25, -0.2) is 0 Å². The van der Waals surface area contributed by atoms with E-state index in [-0.39, 0.29) is 0 Å². The smallest absolute Gasteiger partial charge is 0.00175 e. The maximum absolute atomic E-state index is 6.59. The van der Waals surface area contributed by atoms with Crippen molar-refractivity contribution in [3.63, 3.8) is 0 Å². The molecule has 5 aliphatic rings. The molecule has 0 saturated heterocycles. The van der Waals surface area contributed by atoms with Crippen LogP contribution in [-0.4, -0.2) is 6.54 Å². The van der Waals surface area contributed by atoms with E-state index in [2.05, 4.69) is 55.0 Å². The molecule has 0 spiro atoms. The van der Waals surface area contributed by atoms with Gasteiger partial charge in [0, 0.05) is 0 Å². The molecule has 10 atom stereocenters. The van der Waals surface area contributed by atoms with Crippen molar-refractivity contribution in [3.05, 3.63) is 12.2 Å². The van der Waals surface area contributed by atoms with Gasteiger partial charge >= 0.3 is 0 Å². The first-order chi connectivity index (χ1) is 14.9. The number of hydrogen-bond donors (Lipinski definition) is 1. The summed E-state index contributed by atoms with van der Waals surface area (Å²) in [6.07, 6.45) is 14.2. The summed E-state index contributed by atoms with van der Waals surface area (Å²) in [5, 5.41) is 0. The van der Waals surface area contributed by atoms with E-state index < -0.39 is 0 Å². The first-order valence-corrected chi connectivity index (χ1v) is 14.2. The van der Waals surface area contributed by atoms with Crippen LogP contribution in [0.1, 0.15) is 113 Å². The molecular formula is C31H53N. The number of hydrogen-bond acceptors (Lipinski definition) is 1. The molecule has 5 aliphatic carbocycles. The molecule has 5 rings (SSSR count). The Bertz CT molecular complexity index is 781. The fraction of sp³-hybridized carbons (Fsp3) is 0.935. The fourth-order valence-electron chi connectivity index (χ4n) is 11.8. The molecule has 1 heteroatoms. The molecule has 5 fully saturated rings. The highest BCUT2D eigenvalue weighted by atomic mass is 14.8. The van der Waals surface area contributed by atoms with Crippen LogP contribution in [-0.2, 0) is 0 Å². The Labute approximate surface area is 199 Å². The van der Waals surface area contributed by atoms with E-state index >= 15 is 0 Å². The summed E-state index contributed by atoms with van der Waals surface area (Å²) in [4.78, 5) is 0. The van der Waals surface area contributed by atoms with E-state index in [0.717, 1.165) is 36.1 Å². The highest BCUT2D eigenvalue weighted by Gasteiger charge is 2.70. The quantitative estimate of drug-likeness (QED) is 0.431. The van der Waals surface area contributed by atoms with Gasteiger partial charge in [-0.3, -0.25) is 0 Å². The molecule has 0 aromatic heterocycles. The lowest BCUT2D eigenvalue weighted by Gasteiger charge is -2.73. The molecule has 1 nitrogen and oxygen atoms in total. The van der Waals surface area contributed by atoms with Gasteiger partial charge in [0.25, 0.3) is 0 Å². The van der Waals surface area contributed by atoms with Crippen molar-refractivity contribution in [1.82, 2.24) is 0 Å². The monoisotopic (exact) mass is 439 g/mol. The average molecular weight is 440 g/mol. The van der Waals surface area contributed by atoms with Crippen molar-refractivity contribution >= 4 is 0 Å². The van der Waals surface area contributed by atoms with Gasteiger partial charge in [-0.2, -0.15) is 0 Å². The third-order valence-corrected chi connectivity index (χ3v) is 14.2. The number of allylic oxidation sites excluding steroid dienone is 1. The first kappa shape index (κ1) is 23.4. The lowest BCUT2D eigenvalue weighted by Crippen LogP contribution is -2.66.